The molecule has 21 heavy (non-hydrogen) atoms. The molecule has 0 aliphatic heterocycles. The fourth-order valence-corrected chi connectivity index (χ4v) is 2.10. The summed E-state index contributed by atoms with van der Waals surface area (Å²) in [6.45, 7) is 3.97. The quantitative estimate of drug-likeness (QED) is 0.751. The van der Waals surface area contributed by atoms with Crippen molar-refractivity contribution in [2.24, 2.45) is 11.7 Å². The molecule has 0 radical (unpaired) electrons. The molecule has 0 saturated carbocycles. The first kappa shape index (κ1) is 17.2. The van der Waals surface area contributed by atoms with Crippen LogP contribution < -0.4 is 11.1 Å². The molecule has 0 aliphatic rings. The molecule has 1 aromatic rings. The van der Waals surface area contributed by atoms with Gasteiger partial charge in [0.1, 0.15) is 6.04 Å². The number of rotatable bonds is 7. The number of nitrogens with one attached hydrogen (secondary N) is 1. The molecule has 1 amide bonds. The highest BCUT2D eigenvalue weighted by Crippen LogP contribution is 2.14. The highest BCUT2D eigenvalue weighted by molar-refractivity contribution is 5.84. The summed E-state index contributed by atoms with van der Waals surface area (Å²) in [5.74, 6) is -0.398. The molecule has 0 aliphatic carbocycles. The van der Waals surface area contributed by atoms with Crippen LogP contribution in [0.3, 0.4) is 0 Å². The van der Waals surface area contributed by atoms with Gasteiger partial charge in [-0.15, -0.1) is 0 Å². The van der Waals surface area contributed by atoms with E-state index < -0.39 is 12.0 Å². The fourth-order valence-electron chi connectivity index (χ4n) is 2.10. The summed E-state index contributed by atoms with van der Waals surface area (Å²) in [4.78, 5) is 23.7. The van der Waals surface area contributed by atoms with Gasteiger partial charge in [0.05, 0.1) is 7.11 Å². The van der Waals surface area contributed by atoms with Crippen molar-refractivity contribution in [2.45, 2.75) is 38.8 Å². The van der Waals surface area contributed by atoms with Crippen molar-refractivity contribution in [3.05, 3.63) is 35.9 Å². The number of amides is 1. The maximum absolute atomic E-state index is 12.0. The first-order valence-electron chi connectivity index (χ1n) is 7.11. The Balaban J connectivity index is 2.59. The highest BCUT2D eigenvalue weighted by Gasteiger charge is 2.23. The lowest BCUT2D eigenvalue weighted by Crippen LogP contribution is -2.43. The SMILES string of the molecule is COC(=O)[C@H](CC(C)C)NC(=O)CC(N)c1ccccc1. The molecule has 1 aromatic carbocycles. The molecule has 3 N–H and O–H groups in total. The number of carbonyl (C=O) groups excluding carboxylic acids is 2. The van der Waals surface area contributed by atoms with Gasteiger partial charge in [-0.25, -0.2) is 4.79 Å². The normalized spacial score (nSPS) is 13.6. The van der Waals surface area contributed by atoms with E-state index in [-0.39, 0.29) is 24.3 Å². The Morgan fingerprint density at radius 1 is 1.24 bits per heavy atom. The number of esters is 1. The third kappa shape index (κ3) is 5.95. The van der Waals surface area contributed by atoms with Crippen molar-refractivity contribution in [3.63, 3.8) is 0 Å². The van der Waals surface area contributed by atoms with Gasteiger partial charge in [0, 0.05) is 12.5 Å². The maximum atomic E-state index is 12.0. The van der Waals surface area contributed by atoms with Crippen molar-refractivity contribution >= 4 is 11.9 Å². The van der Waals surface area contributed by atoms with E-state index in [1.807, 2.05) is 44.2 Å². The van der Waals surface area contributed by atoms with Crippen LogP contribution in [0.4, 0.5) is 0 Å². The van der Waals surface area contributed by atoms with Gasteiger partial charge in [-0.05, 0) is 17.9 Å². The Bertz CT molecular complexity index is 460. The maximum Gasteiger partial charge on any atom is 0.328 e. The molecular weight excluding hydrogens is 268 g/mol. The Morgan fingerprint density at radius 2 is 1.86 bits per heavy atom. The van der Waals surface area contributed by atoms with Gasteiger partial charge >= 0.3 is 5.97 Å². The molecule has 0 heterocycles. The molecule has 2 atom stereocenters. The van der Waals surface area contributed by atoms with Crippen LogP contribution in [0.5, 0.6) is 0 Å². The Kier molecular flexibility index (Phi) is 6.88. The molecule has 1 rings (SSSR count). The highest BCUT2D eigenvalue weighted by atomic mass is 16.5. The van der Waals surface area contributed by atoms with Crippen LogP contribution in [0.15, 0.2) is 30.3 Å². The molecule has 0 spiro atoms. The predicted molar refractivity (Wildman–Crippen MR) is 81.4 cm³/mol. The monoisotopic (exact) mass is 292 g/mol. The van der Waals surface area contributed by atoms with E-state index in [0.717, 1.165) is 5.56 Å². The molecule has 5 heteroatoms. The summed E-state index contributed by atoms with van der Waals surface area (Å²) < 4.78 is 4.72. The molecule has 0 fully saturated rings. The van der Waals surface area contributed by atoms with Crippen molar-refractivity contribution < 1.29 is 14.3 Å². The van der Waals surface area contributed by atoms with Crippen molar-refractivity contribution in [2.75, 3.05) is 7.11 Å². The Labute approximate surface area is 125 Å². The van der Waals surface area contributed by atoms with Crippen LogP contribution in [0.1, 0.15) is 38.3 Å². The number of ether oxygens (including phenoxy) is 1. The van der Waals surface area contributed by atoms with Crippen molar-refractivity contribution in [3.8, 4) is 0 Å². The Morgan fingerprint density at radius 3 is 2.38 bits per heavy atom. The lowest BCUT2D eigenvalue weighted by molar-refractivity contribution is -0.145. The van der Waals surface area contributed by atoms with Crippen molar-refractivity contribution in [1.29, 1.82) is 0 Å². The van der Waals surface area contributed by atoms with Gasteiger partial charge in [-0.2, -0.15) is 0 Å². The summed E-state index contributed by atoms with van der Waals surface area (Å²) in [6.07, 6.45) is 0.675. The molecule has 5 nitrogen and oxygen atoms in total. The third-order valence-corrected chi connectivity index (χ3v) is 3.16. The molecular formula is C16H24N2O3. The van der Waals surface area contributed by atoms with E-state index in [2.05, 4.69) is 5.32 Å². The first-order valence-corrected chi connectivity index (χ1v) is 7.11. The topological polar surface area (TPSA) is 81.4 Å². The average molecular weight is 292 g/mol. The standard InChI is InChI=1S/C16H24N2O3/c1-11(2)9-14(16(20)21-3)18-15(19)10-13(17)12-7-5-4-6-8-12/h4-8,11,13-14H,9-10,17H2,1-3H3,(H,18,19)/t13?,14-/m0/s1. The van der Waals surface area contributed by atoms with Crippen LogP contribution in [0.25, 0.3) is 0 Å². The van der Waals surface area contributed by atoms with E-state index in [9.17, 15) is 9.59 Å². The summed E-state index contributed by atoms with van der Waals surface area (Å²) in [6, 6.07) is 8.40. The average Bonchev–Trinajstić information content (AvgIpc) is 2.46. The zero-order chi connectivity index (χ0) is 15.8. The minimum atomic E-state index is -0.620. The van der Waals surface area contributed by atoms with Gasteiger partial charge in [0.2, 0.25) is 5.91 Å². The molecule has 1 unspecified atom stereocenters. The van der Waals surface area contributed by atoms with E-state index in [4.69, 9.17) is 10.5 Å². The van der Waals surface area contributed by atoms with E-state index in [1.165, 1.54) is 7.11 Å². The van der Waals surface area contributed by atoms with Gasteiger partial charge < -0.3 is 15.8 Å². The second-order valence-corrected chi connectivity index (χ2v) is 5.49. The molecule has 116 valence electrons. The number of methoxy groups -OCH3 is 1. The van der Waals surface area contributed by atoms with Gasteiger partial charge in [-0.3, -0.25) is 4.79 Å². The minimum absolute atomic E-state index is 0.135. The predicted octanol–water partition coefficient (Wildman–Crippen LogP) is 1.78. The number of hydrogen-bond donors (Lipinski definition) is 2. The lowest BCUT2D eigenvalue weighted by Gasteiger charge is -2.19. The number of nitrogens with two attached hydrogens (primary N) is 1. The van der Waals surface area contributed by atoms with Crippen LogP contribution in [0, 0.1) is 5.92 Å². The largest absolute Gasteiger partial charge is 0.467 e. The van der Waals surface area contributed by atoms with Gasteiger partial charge in [-0.1, -0.05) is 44.2 Å². The van der Waals surface area contributed by atoms with Crippen LogP contribution in [-0.2, 0) is 14.3 Å². The molecule has 0 aromatic heterocycles. The smallest absolute Gasteiger partial charge is 0.328 e. The summed E-state index contributed by atoms with van der Waals surface area (Å²) in [5, 5.41) is 2.71. The zero-order valence-corrected chi connectivity index (χ0v) is 12.8. The summed E-state index contributed by atoms with van der Waals surface area (Å²) >= 11 is 0. The van der Waals surface area contributed by atoms with E-state index >= 15 is 0 Å². The third-order valence-electron chi connectivity index (χ3n) is 3.16. The fraction of sp³-hybridized carbons (Fsp3) is 0.500. The number of hydrogen-bond acceptors (Lipinski definition) is 4. The Hall–Kier alpha value is -1.88. The molecule has 0 bridgehead atoms. The minimum Gasteiger partial charge on any atom is -0.467 e. The second kappa shape index (κ2) is 8.42. The summed E-state index contributed by atoms with van der Waals surface area (Å²) in [7, 11) is 1.32. The summed E-state index contributed by atoms with van der Waals surface area (Å²) in [5.41, 5.74) is 6.90. The first-order chi connectivity index (χ1) is 9.93. The zero-order valence-electron chi connectivity index (χ0n) is 12.8. The molecule has 0 saturated heterocycles. The lowest BCUT2D eigenvalue weighted by atomic mass is 10.0. The van der Waals surface area contributed by atoms with Gasteiger partial charge in [0.25, 0.3) is 0 Å². The van der Waals surface area contributed by atoms with Gasteiger partial charge in [0.15, 0.2) is 0 Å². The van der Waals surface area contributed by atoms with Crippen LogP contribution >= 0.6 is 0 Å². The van der Waals surface area contributed by atoms with Crippen LogP contribution in [-0.4, -0.2) is 25.0 Å². The van der Waals surface area contributed by atoms with Crippen LogP contribution in [0.2, 0.25) is 0 Å². The van der Waals surface area contributed by atoms with E-state index in [0.29, 0.717) is 6.42 Å². The number of benzene rings is 1. The van der Waals surface area contributed by atoms with E-state index in [1.54, 1.807) is 0 Å². The second-order valence-electron chi connectivity index (χ2n) is 5.49. The van der Waals surface area contributed by atoms with Crippen molar-refractivity contribution in [1.82, 2.24) is 5.32 Å². The number of carbonyl (C=O) groups is 2.